The molecular weight excluding hydrogens is 391 g/mol. The van der Waals surface area contributed by atoms with Crippen LogP contribution in [0.25, 0.3) is 5.69 Å². The molecule has 0 fully saturated rings. The Bertz CT molecular complexity index is 1050. The predicted octanol–water partition coefficient (Wildman–Crippen LogP) is 4.75. The third-order valence-corrected chi connectivity index (χ3v) is 5.07. The molecule has 0 radical (unpaired) electrons. The summed E-state index contributed by atoms with van der Waals surface area (Å²) in [7, 11) is 0. The molecule has 0 saturated carbocycles. The van der Waals surface area contributed by atoms with Gasteiger partial charge < -0.3 is 5.32 Å². The van der Waals surface area contributed by atoms with Crippen LogP contribution in [0.3, 0.4) is 0 Å². The first-order valence-corrected chi connectivity index (χ1v) is 9.09. The Morgan fingerprint density at radius 3 is 2.57 bits per heavy atom. The molecule has 0 unspecified atom stereocenters. The van der Waals surface area contributed by atoms with Gasteiger partial charge in [0.05, 0.1) is 28.5 Å². The zero-order chi connectivity index (χ0) is 19.8. The highest BCUT2D eigenvalue weighted by molar-refractivity contribution is 6.33. The molecule has 3 aromatic rings. The van der Waals surface area contributed by atoms with Gasteiger partial charge >= 0.3 is 0 Å². The molecule has 144 valence electrons. The number of carbonyl (C=O) groups is 1. The average molecular weight is 406 g/mol. The lowest BCUT2D eigenvalue weighted by Gasteiger charge is -2.24. The molecule has 1 aromatic heterocycles. The number of nitrogens with zero attached hydrogens (tertiary/aromatic N) is 2. The van der Waals surface area contributed by atoms with Gasteiger partial charge in [0.25, 0.3) is 5.91 Å². The van der Waals surface area contributed by atoms with Crippen molar-refractivity contribution in [2.45, 2.75) is 25.3 Å². The molecule has 0 aliphatic heterocycles. The molecule has 0 spiro atoms. The number of rotatable bonds is 3. The monoisotopic (exact) mass is 405 g/mol. The van der Waals surface area contributed by atoms with Crippen molar-refractivity contribution in [2.24, 2.45) is 0 Å². The Morgan fingerprint density at radius 2 is 1.86 bits per heavy atom. The smallest absolute Gasteiger partial charge is 0.253 e. The van der Waals surface area contributed by atoms with E-state index < -0.39 is 23.4 Å². The Kier molecular flexibility index (Phi) is 4.85. The molecule has 1 heterocycles. The Hall–Kier alpha value is -2.80. The highest BCUT2D eigenvalue weighted by Gasteiger charge is 2.27. The molecule has 0 bridgehead atoms. The van der Waals surface area contributed by atoms with Gasteiger partial charge in [-0.15, -0.1) is 0 Å². The highest BCUT2D eigenvalue weighted by Crippen LogP contribution is 2.32. The van der Waals surface area contributed by atoms with E-state index in [0.29, 0.717) is 12.8 Å². The molecule has 0 saturated heterocycles. The van der Waals surface area contributed by atoms with Crippen molar-refractivity contribution < 1.29 is 18.0 Å². The van der Waals surface area contributed by atoms with Gasteiger partial charge in [-0.25, -0.2) is 17.9 Å². The summed E-state index contributed by atoms with van der Waals surface area (Å²) in [6.45, 7) is 0. The zero-order valence-electron chi connectivity index (χ0n) is 14.6. The number of fused-ring (bicyclic) bond motifs is 1. The van der Waals surface area contributed by atoms with Crippen LogP contribution in [-0.4, -0.2) is 15.7 Å². The lowest BCUT2D eigenvalue weighted by Crippen LogP contribution is -2.31. The molecule has 2 aromatic carbocycles. The van der Waals surface area contributed by atoms with Crippen LogP contribution >= 0.6 is 11.6 Å². The van der Waals surface area contributed by atoms with Crippen LogP contribution in [-0.2, 0) is 6.42 Å². The SMILES string of the molecule is O=C(N[C@@H]1CCCc2c1cnn2-c1cc(F)cc(F)c1)c1ccc(F)cc1Cl. The number of benzene rings is 2. The summed E-state index contributed by atoms with van der Waals surface area (Å²) in [4.78, 5) is 12.6. The van der Waals surface area contributed by atoms with E-state index in [9.17, 15) is 18.0 Å². The normalized spacial score (nSPS) is 15.9. The third-order valence-electron chi connectivity index (χ3n) is 4.76. The molecule has 4 nitrogen and oxygen atoms in total. The summed E-state index contributed by atoms with van der Waals surface area (Å²) < 4.78 is 41.9. The standard InChI is InChI=1S/C20H15ClF3N3O/c21-17-9-11(22)4-5-15(17)20(28)26-18-2-1-3-19-16(18)10-25-27(19)14-7-12(23)6-13(24)8-14/h4-10,18H,1-3H2,(H,26,28)/t18-/m1/s1. The first-order chi connectivity index (χ1) is 13.4. The summed E-state index contributed by atoms with van der Waals surface area (Å²) in [6, 6.07) is 6.46. The largest absolute Gasteiger partial charge is 0.345 e. The van der Waals surface area contributed by atoms with Gasteiger partial charge in [-0.2, -0.15) is 5.10 Å². The number of nitrogens with one attached hydrogen (secondary N) is 1. The fourth-order valence-corrected chi connectivity index (χ4v) is 3.75. The molecular formula is C20H15ClF3N3O. The number of aromatic nitrogens is 2. The maximum atomic E-state index is 13.6. The maximum absolute atomic E-state index is 13.6. The second-order valence-corrected chi connectivity index (χ2v) is 7.04. The number of amides is 1. The minimum atomic E-state index is -0.689. The van der Waals surface area contributed by atoms with Gasteiger partial charge in [0.1, 0.15) is 17.5 Å². The van der Waals surface area contributed by atoms with Gasteiger partial charge in [-0.3, -0.25) is 4.79 Å². The van der Waals surface area contributed by atoms with Crippen molar-refractivity contribution >= 4 is 17.5 Å². The highest BCUT2D eigenvalue weighted by atomic mass is 35.5. The van der Waals surface area contributed by atoms with Crippen LogP contribution < -0.4 is 5.32 Å². The van der Waals surface area contributed by atoms with E-state index >= 15 is 0 Å². The molecule has 4 rings (SSSR count). The molecule has 28 heavy (non-hydrogen) atoms. The van der Waals surface area contributed by atoms with Gasteiger partial charge in [-0.1, -0.05) is 11.6 Å². The Morgan fingerprint density at radius 1 is 1.11 bits per heavy atom. The zero-order valence-corrected chi connectivity index (χ0v) is 15.3. The minimum Gasteiger partial charge on any atom is -0.345 e. The van der Waals surface area contributed by atoms with E-state index in [2.05, 4.69) is 10.4 Å². The van der Waals surface area contributed by atoms with Crippen LogP contribution in [0.2, 0.25) is 5.02 Å². The molecule has 8 heteroatoms. The Labute approximate surface area is 163 Å². The van der Waals surface area contributed by atoms with Gasteiger partial charge in [-0.05, 0) is 49.6 Å². The summed E-state index contributed by atoms with van der Waals surface area (Å²) in [5, 5.41) is 7.19. The maximum Gasteiger partial charge on any atom is 0.253 e. The first-order valence-electron chi connectivity index (χ1n) is 8.71. The van der Waals surface area contributed by atoms with Crippen molar-refractivity contribution in [3.05, 3.63) is 81.9 Å². The molecule has 1 aliphatic rings. The number of hydrogen-bond acceptors (Lipinski definition) is 2. The minimum absolute atomic E-state index is 0.0273. The van der Waals surface area contributed by atoms with Crippen molar-refractivity contribution in [1.29, 1.82) is 0 Å². The molecule has 1 amide bonds. The fraction of sp³-hybridized carbons (Fsp3) is 0.200. The first kappa shape index (κ1) is 18.6. The van der Waals surface area contributed by atoms with Crippen LogP contribution in [0, 0.1) is 17.5 Å². The quantitative estimate of drug-likeness (QED) is 0.683. The van der Waals surface area contributed by atoms with Gasteiger partial charge in [0.15, 0.2) is 0 Å². The van der Waals surface area contributed by atoms with E-state index in [1.807, 2.05) is 0 Å². The van der Waals surface area contributed by atoms with Crippen LogP contribution in [0.5, 0.6) is 0 Å². The number of hydrogen-bond donors (Lipinski definition) is 1. The van der Waals surface area contributed by atoms with Crippen LogP contribution in [0.4, 0.5) is 13.2 Å². The van der Waals surface area contributed by atoms with Crippen molar-refractivity contribution in [2.75, 3.05) is 0 Å². The van der Waals surface area contributed by atoms with Crippen molar-refractivity contribution in [3.8, 4) is 5.69 Å². The Balaban J connectivity index is 1.63. The van der Waals surface area contributed by atoms with E-state index in [4.69, 9.17) is 11.6 Å². The van der Waals surface area contributed by atoms with E-state index in [1.54, 1.807) is 6.20 Å². The summed E-state index contributed by atoms with van der Waals surface area (Å²) >= 11 is 5.97. The topological polar surface area (TPSA) is 46.9 Å². The second kappa shape index (κ2) is 7.31. The van der Waals surface area contributed by atoms with E-state index in [-0.39, 0.29) is 22.3 Å². The fourth-order valence-electron chi connectivity index (χ4n) is 3.50. The summed E-state index contributed by atoms with van der Waals surface area (Å²) in [5.41, 5.74) is 2.02. The van der Waals surface area contributed by atoms with Crippen LogP contribution in [0.1, 0.15) is 40.5 Å². The van der Waals surface area contributed by atoms with Gasteiger partial charge in [0, 0.05) is 17.3 Å². The molecule has 1 N–H and O–H groups in total. The summed E-state index contributed by atoms with van der Waals surface area (Å²) in [5.74, 6) is -2.32. The average Bonchev–Trinajstić information content (AvgIpc) is 3.06. The number of halogens is 4. The predicted molar refractivity (Wildman–Crippen MR) is 98.0 cm³/mol. The lowest BCUT2D eigenvalue weighted by molar-refractivity contribution is 0.0933. The molecule has 1 atom stereocenters. The molecule has 1 aliphatic carbocycles. The van der Waals surface area contributed by atoms with Crippen molar-refractivity contribution in [1.82, 2.24) is 15.1 Å². The van der Waals surface area contributed by atoms with Gasteiger partial charge in [0.2, 0.25) is 0 Å². The van der Waals surface area contributed by atoms with Crippen LogP contribution in [0.15, 0.2) is 42.6 Å². The van der Waals surface area contributed by atoms with Crippen molar-refractivity contribution in [3.63, 3.8) is 0 Å². The van der Waals surface area contributed by atoms with E-state index in [0.717, 1.165) is 29.8 Å². The second-order valence-electron chi connectivity index (χ2n) is 6.63. The number of carbonyl (C=O) groups excluding carboxylic acids is 1. The van der Waals surface area contributed by atoms with E-state index in [1.165, 1.54) is 28.9 Å². The third kappa shape index (κ3) is 3.49. The summed E-state index contributed by atoms with van der Waals surface area (Å²) in [6.07, 6.45) is 3.70. The lowest BCUT2D eigenvalue weighted by atomic mass is 9.92.